The normalized spacial score (nSPS) is 9.19. The third-order valence-corrected chi connectivity index (χ3v) is 3.53. The predicted octanol–water partition coefficient (Wildman–Crippen LogP) is 4.87. The number of hydrogen-bond donors (Lipinski definition) is 0. The summed E-state index contributed by atoms with van der Waals surface area (Å²) in [4.78, 5) is 0. The molecule has 0 fully saturated rings. The smallest absolute Gasteiger partial charge is 0.127 e. The zero-order valence-electron chi connectivity index (χ0n) is 14.1. The van der Waals surface area contributed by atoms with Gasteiger partial charge in [-0.25, -0.2) is 8.78 Å². The van der Waals surface area contributed by atoms with Gasteiger partial charge in [-0.05, 0) is 48.9 Å². The Kier molecular flexibility index (Phi) is 7.29. The van der Waals surface area contributed by atoms with Crippen molar-refractivity contribution in [2.45, 2.75) is 6.92 Å². The Balaban J connectivity index is 0.00000243. The van der Waals surface area contributed by atoms with Gasteiger partial charge in [-0.15, -0.1) is 12.1 Å². The second kappa shape index (κ2) is 9.44. The van der Waals surface area contributed by atoms with Gasteiger partial charge in [0.05, 0.1) is 0 Å². The molecule has 26 heavy (non-hydrogen) atoms. The molecule has 0 spiro atoms. The van der Waals surface area contributed by atoms with Crippen molar-refractivity contribution in [2.24, 2.45) is 0 Å². The van der Waals surface area contributed by atoms with Crippen LogP contribution in [0.1, 0.15) is 27.8 Å². The van der Waals surface area contributed by atoms with E-state index in [1.54, 1.807) is 25.1 Å². The standard InChI is InChI=1S/C23H13F2.Y/c1-17-5-6-21(16-23(17)25)14-12-19-9-7-18(8-10-19)11-13-20-3-2-4-22(24)15-20;/h2-3,5-10,15-16H,1H3;/q-1;. The molecule has 0 saturated carbocycles. The predicted molar refractivity (Wildman–Crippen MR) is 94.8 cm³/mol. The summed E-state index contributed by atoms with van der Waals surface area (Å²) in [6, 6.07) is 19.3. The fraction of sp³-hybridized carbons (Fsp3) is 0.0435. The summed E-state index contributed by atoms with van der Waals surface area (Å²) in [7, 11) is 0. The van der Waals surface area contributed by atoms with Crippen LogP contribution >= 0.6 is 0 Å². The van der Waals surface area contributed by atoms with E-state index >= 15 is 0 Å². The van der Waals surface area contributed by atoms with Crippen molar-refractivity contribution >= 4 is 0 Å². The molecule has 3 heteroatoms. The molecule has 0 heterocycles. The largest absolute Gasteiger partial charge is 0.236 e. The van der Waals surface area contributed by atoms with E-state index in [0.29, 0.717) is 16.7 Å². The van der Waals surface area contributed by atoms with Crippen LogP contribution in [0.4, 0.5) is 8.78 Å². The molecule has 0 aliphatic rings. The first-order valence-electron chi connectivity index (χ1n) is 7.68. The molecule has 3 rings (SSSR count). The molecule has 0 aromatic heterocycles. The van der Waals surface area contributed by atoms with Gasteiger partial charge in [-0.1, -0.05) is 35.3 Å². The van der Waals surface area contributed by atoms with Gasteiger partial charge in [-0.3, -0.25) is 0 Å². The summed E-state index contributed by atoms with van der Waals surface area (Å²) in [5.74, 6) is 11.1. The van der Waals surface area contributed by atoms with Crippen LogP contribution < -0.4 is 0 Å². The molecule has 0 aliphatic carbocycles. The van der Waals surface area contributed by atoms with Crippen molar-refractivity contribution in [1.29, 1.82) is 0 Å². The Bertz CT molecular complexity index is 1030. The fourth-order valence-corrected chi connectivity index (χ4v) is 2.11. The molecule has 0 N–H and O–H groups in total. The summed E-state index contributed by atoms with van der Waals surface area (Å²) in [5.41, 5.74) is 3.45. The molecule has 0 atom stereocenters. The first-order valence-corrected chi connectivity index (χ1v) is 7.68. The molecule has 1 radical (unpaired) electrons. The van der Waals surface area contributed by atoms with Crippen LogP contribution in [-0.4, -0.2) is 0 Å². The molecular weight excluding hydrogens is 403 g/mol. The van der Waals surface area contributed by atoms with E-state index in [1.165, 1.54) is 18.2 Å². The van der Waals surface area contributed by atoms with Crippen molar-refractivity contribution in [2.75, 3.05) is 0 Å². The van der Waals surface area contributed by atoms with Gasteiger partial charge in [0.2, 0.25) is 0 Å². The van der Waals surface area contributed by atoms with Crippen LogP contribution in [-0.2, 0) is 32.7 Å². The van der Waals surface area contributed by atoms with E-state index in [1.807, 2.05) is 24.3 Å². The summed E-state index contributed by atoms with van der Waals surface area (Å²) in [5, 5.41) is 0. The Morgan fingerprint density at radius 2 is 1.19 bits per heavy atom. The van der Waals surface area contributed by atoms with E-state index in [0.717, 1.165) is 11.1 Å². The molecule has 0 bridgehead atoms. The first kappa shape index (κ1) is 20.1. The summed E-state index contributed by atoms with van der Waals surface area (Å²) < 4.78 is 26.6. The average Bonchev–Trinajstić information content (AvgIpc) is 2.62. The van der Waals surface area contributed by atoms with Gasteiger partial charge in [0.1, 0.15) is 5.82 Å². The quantitative estimate of drug-likeness (QED) is 0.363. The molecule has 0 amide bonds. The van der Waals surface area contributed by atoms with E-state index in [9.17, 15) is 8.78 Å². The van der Waals surface area contributed by atoms with Gasteiger partial charge in [-0.2, -0.15) is 12.1 Å². The van der Waals surface area contributed by atoms with E-state index in [-0.39, 0.29) is 38.5 Å². The minimum Gasteiger partial charge on any atom is -0.236 e. The molecule has 3 aromatic carbocycles. The molecule has 3 aromatic rings. The van der Waals surface area contributed by atoms with Gasteiger partial charge in [0.25, 0.3) is 0 Å². The average molecular weight is 416 g/mol. The van der Waals surface area contributed by atoms with Crippen LogP contribution in [0.2, 0.25) is 0 Å². The third-order valence-electron chi connectivity index (χ3n) is 3.53. The van der Waals surface area contributed by atoms with Crippen molar-refractivity contribution in [3.05, 3.63) is 106 Å². The monoisotopic (exact) mass is 416 g/mol. The number of benzene rings is 3. The van der Waals surface area contributed by atoms with Crippen molar-refractivity contribution in [1.82, 2.24) is 0 Å². The van der Waals surface area contributed by atoms with Crippen molar-refractivity contribution in [3.8, 4) is 23.7 Å². The third kappa shape index (κ3) is 5.64. The van der Waals surface area contributed by atoms with E-state index < -0.39 is 5.82 Å². The zero-order valence-corrected chi connectivity index (χ0v) is 16.9. The van der Waals surface area contributed by atoms with Crippen LogP contribution in [0.15, 0.2) is 60.7 Å². The Morgan fingerprint density at radius 3 is 1.73 bits per heavy atom. The van der Waals surface area contributed by atoms with Crippen LogP contribution in [0, 0.1) is 48.3 Å². The molecule has 123 valence electrons. The van der Waals surface area contributed by atoms with Crippen LogP contribution in [0.3, 0.4) is 0 Å². The SMILES string of the molecule is Cc1ccc(C#Cc2ccc(C#Cc3cc[c-]c(F)c3)cc2)cc1F.[Y]. The Hall–Kier alpha value is -2.26. The summed E-state index contributed by atoms with van der Waals surface area (Å²) in [6.45, 7) is 1.72. The number of halogens is 2. The number of rotatable bonds is 0. The zero-order chi connectivity index (χ0) is 17.6. The number of hydrogen-bond acceptors (Lipinski definition) is 0. The molecule has 0 unspecified atom stereocenters. The maximum absolute atomic E-state index is 13.5. The molecular formula is C23H13F2Y-. The second-order valence-electron chi connectivity index (χ2n) is 5.47. The van der Waals surface area contributed by atoms with E-state index in [2.05, 4.69) is 29.7 Å². The van der Waals surface area contributed by atoms with Gasteiger partial charge >= 0.3 is 0 Å². The minimum absolute atomic E-state index is 0. The Morgan fingerprint density at radius 1 is 0.692 bits per heavy atom. The molecule has 0 saturated heterocycles. The maximum Gasteiger partial charge on any atom is 0.127 e. The summed E-state index contributed by atoms with van der Waals surface area (Å²) >= 11 is 0. The first-order chi connectivity index (χ1) is 12.1. The second-order valence-corrected chi connectivity index (χ2v) is 5.47. The van der Waals surface area contributed by atoms with Crippen molar-refractivity contribution in [3.63, 3.8) is 0 Å². The minimum atomic E-state index is -0.426. The fourth-order valence-electron chi connectivity index (χ4n) is 2.11. The maximum atomic E-state index is 13.5. The van der Waals surface area contributed by atoms with Gasteiger partial charge < -0.3 is 0 Å². The van der Waals surface area contributed by atoms with Gasteiger partial charge in [0, 0.05) is 55.2 Å². The molecule has 0 aliphatic heterocycles. The summed E-state index contributed by atoms with van der Waals surface area (Å²) in [6.07, 6.45) is 0. The van der Waals surface area contributed by atoms with Gasteiger partial charge in [0.15, 0.2) is 0 Å². The van der Waals surface area contributed by atoms with Crippen molar-refractivity contribution < 1.29 is 41.5 Å². The Labute approximate surface area is 177 Å². The topological polar surface area (TPSA) is 0 Å². The van der Waals surface area contributed by atoms with E-state index in [4.69, 9.17) is 0 Å². The number of aryl methyl sites for hydroxylation is 1. The molecule has 0 nitrogen and oxygen atoms in total. The van der Waals surface area contributed by atoms with Crippen LogP contribution in [0.25, 0.3) is 0 Å². The van der Waals surface area contributed by atoms with Crippen LogP contribution in [0.5, 0.6) is 0 Å².